The van der Waals surface area contributed by atoms with Crippen molar-refractivity contribution in [2.75, 3.05) is 14.2 Å². The Morgan fingerprint density at radius 1 is 1.14 bits per heavy atom. The van der Waals surface area contributed by atoms with Crippen LogP contribution in [0.25, 0.3) is 0 Å². The number of hydrogen-bond donors (Lipinski definition) is 0. The van der Waals surface area contributed by atoms with Crippen molar-refractivity contribution in [1.82, 2.24) is 0 Å². The van der Waals surface area contributed by atoms with E-state index in [-0.39, 0.29) is 5.56 Å². The van der Waals surface area contributed by atoms with E-state index in [1.165, 1.54) is 19.2 Å². The van der Waals surface area contributed by atoms with Crippen LogP contribution >= 0.6 is 11.8 Å². The van der Waals surface area contributed by atoms with Crippen LogP contribution in [0.5, 0.6) is 5.75 Å². The summed E-state index contributed by atoms with van der Waals surface area (Å²) in [6.45, 7) is 0. The number of benzene rings is 2. The fraction of sp³-hybridized carbons (Fsp3) is 0.188. The van der Waals surface area contributed by atoms with Gasteiger partial charge in [0.2, 0.25) is 0 Å². The molecule has 0 N–H and O–H groups in total. The lowest BCUT2D eigenvalue weighted by atomic mass is 10.1. The molecule has 0 saturated carbocycles. The Morgan fingerprint density at radius 3 is 2.43 bits per heavy atom. The summed E-state index contributed by atoms with van der Waals surface area (Å²) in [7, 11) is 2.85. The predicted octanol–water partition coefficient (Wildman–Crippen LogP) is 3.91. The van der Waals surface area contributed by atoms with Crippen molar-refractivity contribution in [3.63, 3.8) is 0 Å². The molecule has 110 valence electrons. The van der Waals surface area contributed by atoms with Crippen LogP contribution in [0.4, 0.5) is 4.39 Å². The molecule has 2 aromatic carbocycles. The fourth-order valence-electron chi connectivity index (χ4n) is 1.76. The van der Waals surface area contributed by atoms with Crippen LogP contribution < -0.4 is 4.74 Å². The second-order valence-corrected chi connectivity index (χ2v) is 5.32. The zero-order valence-corrected chi connectivity index (χ0v) is 12.6. The maximum absolute atomic E-state index is 13.8. The summed E-state index contributed by atoms with van der Waals surface area (Å²) in [5, 5.41) is 0. The first kappa shape index (κ1) is 15.4. The van der Waals surface area contributed by atoms with Gasteiger partial charge < -0.3 is 9.47 Å². The van der Waals surface area contributed by atoms with E-state index in [2.05, 4.69) is 4.74 Å². The molecule has 0 aliphatic carbocycles. The molecule has 0 saturated heterocycles. The van der Waals surface area contributed by atoms with Gasteiger partial charge in [-0.15, -0.1) is 11.8 Å². The minimum absolute atomic E-state index is 0.0457. The summed E-state index contributed by atoms with van der Waals surface area (Å²) >= 11 is 1.58. The molecule has 5 heteroatoms. The molecule has 0 aliphatic heterocycles. The molecule has 0 aliphatic rings. The second-order valence-electron chi connectivity index (χ2n) is 4.27. The Balaban J connectivity index is 2.03. The van der Waals surface area contributed by atoms with Gasteiger partial charge in [-0.1, -0.05) is 6.07 Å². The van der Waals surface area contributed by atoms with Crippen molar-refractivity contribution in [2.24, 2.45) is 0 Å². The molecule has 0 bridgehead atoms. The Morgan fingerprint density at radius 2 is 1.86 bits per heavy atom. The molecule has 0 spiro atoms. The first-order chi connectivity index (χ1) is 10.1. The second kappa shape index (κ2) is 7.13. The molecule has 0 heterocycles. The van der Waals surface area contributed by atoms with Crippen LogP contribution in [-0.2, 0) is 10.5 Å². The SMILES string of the molecule is COC(=O)c1ccc(CSc2ccc(OC)cc2)cc1F. The molecule has 3 nitrogen and oxygen atoms in total. The van der Waals surface area contributed by atoms with Gasteiger partial charge in [-0.2, -0.15) is 0 Å². The van der Waals surface area contributed by atoms with Gasteiger partial charge in [0.05, 0.1) is 19.8 Å². The molecule has 0 atom stereocenters. The zero-order chi connectivity index (χ0) is 15.2. The average molecular weight is 306 g/mol. The standard InChI is InChI=1S/C16H15FO3S/c1-19-12-4-6-13(7-5-12)21-10-11-3-8-14(15(17)9-11)16(18)20-2/h3-9H,10H2,1-2H3. The molecular weight excluding hydrogens is 291 g/mol. The molecule has 0 radical (unpaired) electrons. The van der Waals surface area contributed by atoms with Crippen molar-refractivity contribution >= 4 is 17.7 Å². The summed E-state index contributed by atoms with van der Waals surface area (Å²) in [6.07, 6.45) is 0. The number of halogens is 1. The van der Waals surface area contributed by atoms with Gasteiger partial charge in [0.15, 0.2) is 0 Å². The van der Waals surface area contributed by atoms with Gasteiger partial charge in [-0.3, -0.25) is 0 Å². The lowest BCUT2D eigenvalue weighted by molar-refractivity contribution is 0.0595. The quantitative estimate of drug-likeness (QED) is 0.620. The summed E-state index contributed by atoms with van der Waals surface area (Å²) in [6, 6.07) is 12.2. The first-order valence-electron chi connectivity index (χ1n) is 6.27. The lowest BCUT2D eigenvalue weighted by Crippen LogP contribution is -2.04. The molecule has 2 aromatic rings. The van der Waals surface area contributed by atoms with E-state index in [4.69, 9.17) is 4.74 Å². The predicted molar refractivity (Wildman–Crippen MR) is 80.3 cm³/mol. The van der Waals surface area contributed by atoms with Crippen LogP contribution in [0.3, 0.4) is 0 Å². The molecule has 21 heavy (non-hydrogen) atoms. The van der Waals surface area contributed by atoms with Crippen LogP contribution in [0.15, 0.2) is 47.4 Å². The van der Waals surface area contributed by atoms with Crippen LogP contribution in [0.1, 0.15) is 15.9 Å². The van der Waals surface area contributed by atoms with E-state index < -0.39 is 11.8 Å². The van der Waals surface area contributed by atoms with Crippen molar-refractivity contribution in [1.29, 1.82) is 0 Å². The maximum atomic E-state index is 13.8. The highest BCUT2D eigenvalue weighted by Crippen LogP contribution is 2.25. The van der Waals surface area contributed by atoms with Gasteiger partial charge >= 0.3 is 5.97 Å². The van der Waals surface area contributed by atoms with Crippen LogP contribution in [0.2, 0.25) is 0 Å². The number of ether oxygens (including phenoxy) is 2. The smallest absolute Gasteiger partial charge is 0.340 e. The molecule has 2 rings (SSSR count). The number of hydrogen-bond acceptors (Lipinski definition) is 4. The number of esters is 1. The van der Waals surface area contributed by atoms with E-state index in [0.29, 0.717) is 5.75 Å². The zero-order valence-electron chi connectivity index (χ0n) is 11.8. The number of carbonyl (C=O) groups is 1. The third-order valence-electron chi connectivity index (χ3n) is 2.90. The average Bonchev–Trinajstić information content (AvgIpc) is 2.52. The van der Waals surface area contributed by atoms with Crippen molar-refractivity contribution in [3.05, 3.63) is 59.4 Å². The van der Waals surface area contributed by atoms with E-state index >= 15 is 0 Å². The van der Waals surface area contributed by atoms with Crippen molar-refractivity contribution in [2.45, 2.75) is 10.6 Å². The normalized spacial score (nSPS) is 10.2. The number of methoxy groups -OCH3 is 2. The van der Waals surface area contributed by atoms with Gasteiger partial charge in [0, 0.05) is 10.6 Å². The van der Waals surface area contributed by atoms with Crippen molar-refractivity contribution in [3.8, 4) is 5.75 Å². The number of rotatable bonds is 5. The Labute approximate surface area is 127 Å². The highest BCUT2D eigenvalue weighted by atomic mass is 32.2. The first-order valence-corrected chi connectivity index (χ1v) is 7.26. The minimum atomic E-state index is -0.665. The van der Waals surface area contributed by atoms with Crippen LogP contribution in [0, 0.1) is 5.82 Å². The minimum Gasteiger partial charge on any atom is -0.497 e. The Hall–Kier alpha value is -2.01. The highest BCUT2D eigenvalue weighted by Gasteiger charge is 2.12. The number of carbonyl (C=O) groups excluding carboxylic acids is 1. The summed E-state index contributed by atoms with van der Waals surface area (Å²) in [5.41, 5.74) is 0.761. The maximum Gasteiger partial charge on any atom is 0.340 e. The molecule has 0 fully saturated rings. The van der Waals surface area contributed by atoms with E-state index in [0.717, 1.165) is 16.2 Å². The number of thioether (sulfide) groups is 1. The fourth-order valence-corrected chi connectivity index (χ4v) is 2.60. The lowest BCUT2D eigenvalue weighted by Gasteiger charge is -2.06. The van der Waals surface area contributed by atoms with E-state index in [1.54, 1.807) is 24.9 Å². The van der Waals surface area contributed by atoms with Gasteiger partial charge in [0.25, 0.3) is 0 Å². The summed E-state index contributed by atoms with van der Waals surface area (Å²) in [4.78, 5) is 12.4. The largest absolute Gasteiger partial charge is 0.497 e. The topological polar surface area (TPSA) is 35.5 Å². The highest BCUT2D eigenvalue weighted by molar-refractivity contribution is 7.98. The monoisotopic (exact) mass is 306 g/mol. The van der Waals surface area contributed by atoms with E-state index in [1.807, 2.05) is 24.3 Å². The van der Waals surface area contributed by atoms with Gasteiger partial charge in [-0.25, -0.2) is 9.18 Å². The molecule has 0 amide bonds. The molecule has 0 unspecified atom stereocenters. The van der Waals surface area contributed by atoms with Gasteiger partial charge in [-0.05, 0) is 42.0 Å². The summed E-state index contributed by atoms with van der Waals surface area (Å²) in [5.74, 6) is 0.189. The summed E-state index contributed by atoms with van der Waals surface area (Å²) < 4.78 is 23.4. The van der Waals surface area contributed by atoms with Crippen LogP contribution in [-0.4, -0.2) is 20.2 Å². The Bertz CT molecular complexity index is 626. The van der Waals surface area contributed by atoms with Gasteiger partial charge in [0.1, 0.15) is 11.6 Å². The van der Waals surface area contributed by atoms with Crippen molar-refractivity contribution < 1.29 is 18.7 Å². The van der Waals surface area contributed by atoms with E-state index in [9.17, 15) is 9.18 Å². The Kier molecular flexibility index (Phi) is 5.22. The molecule has 0 aromatic heterocycles. The third-order valence-corrected chi connectivity index (χ3v) is 3.99. The third kappa shape index (κ3) is 3.98. The molecular formula is C16H15FO3S.